The number of hydrogen-bond acceptors (Lipinski definition) is 3. The van der Waals surface area contributed by atoms with Crippen molar-refractivity contribution >= 4 is 29.2 Å². The van der Waals surface area contributed by atoms with Gasteiger partial charge >= 0.3 is 5.97 Å². The van der Waals surface area contributed by atoms with Gasteiger partial charge in [-0.2, -0.15) is 0 Å². The molecule has 1 heterocycles. The summed E-state index contributed by atoms with van der Waals surface area (Å²) in [7, 11) is 1.32. The summed E-state index contributed by atoms with van der Waals surface area (Å²) >= 11 is 11.8. The number of pyridine rings is 1. The Labute approximate surface area is 114 Å². The zero-order chi connectivity index (χ0) is 13.1. The number of benzene rings is 1. The predicted octanol–water partition coefficient (Wildman–Crippen LogP) is 3.84. The van der Waals surface area contributed by atoms with Crippen LogP contribution in [-0.2, 0) is 4.74 Å². The van der Waals surface area contributed by atoms with Crippen molar-refractivity contribution in [2.75, 3.05) is 7.11 Å². The predicted molar refractivity (Wildman–Crippen MR) is 71.0 cm³/mol. The minimum absolute atomic E-state index is 0.265. The molecule has 0 bridgehead atoms. The van der Waals surface area contributed by atoms with Crippen molar-refractivity contribution < 1.29 is 9.53 Å². The lowest BCUT2D eigenvalue weighted by atomic mass is 10.1. The molecule has 0 fully saturated rings. The molecular weight excluding hydrogens is 273 g/mol. The topological polar surface area (TPSA) is 39.2 Å². The number of halogens is 2. The lowest BCUT2D eigenvalue weighted by Gasteiger charge is -2.04. The molecule has 0 atom stereocenters. The maximum atomic E-state index is 11.2. The fraction of sp³-hybridized carbons (Fsp3) is 0.0769. The van der Waals surface area contributed by atoms with E-state index in [4.69, 9.17) is 23.2 Å². The molecule has 5 heteroatoms. The molecule has 18 heavy (non-hydrogen) atoms. The monoisotopic (exact) mass is 281 g/mol. The van der Waals surface area contributed by atoms with Gasteiger partial charge in [-0.1, -0.05) is 35.3 Å². The van der Waals surface area contributed by atoms with E-state index < -0.39 is 5.97 Å². The molecule has 3 nitrogen and oxygen atoms in total. The van der Waals surface area contributed by atoms with Gasteiger partial charge in [-0.05, 0) is 23.8 Å². The fourth-order valence-corrected chi connectivity index (χ4v) is 1.76. The molecule has 0 spiro atoms. The molecule has 0 saturated heterocycles. The molecule has 0 aliphatic carbocycles. The molecule has 2 aromatic rings. The summed E-state index contributed by atoms with van der Waals surface area (Å²) in [6.07, 6.45) is 1.59. The number of rotatable bonds is 2. The summed E-state index contributed by atoms with van der Waals surface area (Å²) in [6.45, 7) is 0. The number of esters is 1. The second kappa shape index (κ2) is 5.38. The Bertz CT molecular complexity index is 582. The lowest BCUT2D eigenvalue weighted by molar-refractivity contribution is 0.0594. The fourth-order valence-electron chi connectivity index (χ4n) is 1.47. The van der Waals surface area contributed by atoms with Crippen molar-refractivity contribution in [1.29, 1.82) is 0 Å². The van der Waals surface area contributed by atoms with Crippen LogP contribution in [0.5, 0.6) is 0 Å². The van der Waals surface area contributed by atoms with Crippen LogP contribution in [0.25, 0.3) is 11.1 Å². The Morgan fingerprint density at radius 3 is 2.39 bits per heavy atom. The summed E-state index contributed by atoms with van der Waals surface area (Å²) in [5.41, 5.74) is 2.00. The Morgan fingerprint density at radius 1 is 1.11 bits per heavy atom. The molecule has 0 aliphatic heterocycles. The average molecular weight is 282 g/mol. The minimum Gasteiger partial charge on any atom is -0.464 e. The second-order valence-corrected chi connectivity index (χ2v) is 4.37. The van der Waals surface area contributed by atoms with Gasteiger partial charge < -0.3 is 4.74 Å². The number of carbonyl (C=O) groups is 1. The van der Waals surface area contributed by atoms with Gasteiger partial charge in [0.2, 0.25) is 0 Å². The maximum absolute atomic E-state index is 11.2. The third kappa shape index (κ3) is 2.63. The number of methoxy groups -OCH3 is 1. The van der Waals surface area contributed by atoms with Gasteiger partial charge in [-0.3, -0.25) is 0 Å². The normalized spacial score (nSPS) is 10.2. The van der Waals surface area contributed by atoms with Crippen LogP contribution < -0.4 is 0 Å². The first-order chi connectivity index (χ1) is 8.61. The van der Waals surface area contributed by atoms with Gasteiger partial charge in [0.05, 0.1) is 17.2 Å². The van der Waals surface area contributed by atoms with Gasteiger partial charge in [0, 0.05) is 11.8 Å². The second-order valence-electron chi connectivity index (χ2n) is 3.55. The van der Waals surface area contributed by atoms with Crippen LogP contribution in [0.2, 0.25) is 10.0 Å². The first-order valence-corrected chi connectivity index (χ1v) is 5.87. The number of aromatic nitrogens is 1. The van der Waals surface area contributed by atoms with Crippen LogP contribution in [-0.4, -0.2) is 18.1 Å². The molecule has 0 unspecified atom stereocenters. The van der Waals surface area contributed by atoms with E-state index >= 15 is 0 Å². The number of carbonyl (C=O) groups excluding carboxylic acids is 1. The Hall–Kier alpha value is -1.58. The van der Waals surface area contributed by atoms with Gasteiger partial charge in [-0.15, -0.1) is 0 Å². The molecule has 2 rings (SSSR count). The average Bonchev–Trinajstić information content (AvgIpc) is 2.41. The maximum Gasteiger partial charge on any atom is 0.356 e. The summed E-state index contributed by atoms with van der Waals surface area (Å²) in [4.78, 5) is 15.3. The molecular formula is C13H9Cl2NO2. The van der Waals surface area contributed by atoms with Crippen LogP contribution in [0.1, 0.15) is 10.5 Å². The molecule has 1 aromatic heterocycles. The van der Waals surface area contributed by atoms with Crippen molar-refractivity contribution in [3.05, 3.63) is 52.3 Å². The number of hydrogen-bond donors (Lipinski definition) is 0. The van der Waals surface area contributed by atoms with E-state index in [1.807, 2.05) is 6.07 Å². The Morgan fingerprint density at radius 2 is 1.83 bits per heavy atom. The van der Waals surface area contributed by atoms with Gasteiger partial charge in [-0.25, -0.2) is 9.78 Å². The van der Waals surface area contributed by atoms with Crippen LogP contribution in [0.4, 0.5) is 0 Å². The number of nitrogens with zero attached hydrogens (tertiary/aromatic N) is 1. The van der Waals surface area contributed by atoms with Crippen LogP contribution >= 0.6 is 23.2 Å². The van der Waals surface area contributed by atoms with Crippen molar-refractivity contribution in [2.24, 2.45) is 0 Å². The minimum atomic E-state index is -0.462. The third-order valence-electron chi connectivity index (χ3n) is 2.41. The Balaban J connectivity index is 2.34. The zero-order valence-electron chi connectivity index (χ0n) is 9.48. The molecule has 0 aliphatic rings. The van der Waals surface area contributed by atoms with E-state index in [1.165, 1.54) is 7.11 Å². The van der Waals surface area contributed by atoms with Crippen molar-refractivity contribution in [3.8, 4) is 11.1 Å². The van der Waals surface area contributed by atoms with Crippen molar-refractivity contribution in [2.45, 2.75) is 0 Å². The highest BCUT2D eigenvalue weighted by atomic mass is 35.5. The lowest BCUT2D eigenvalue weighted by Crippen LogP contribution is -2.03. The van der Waals surface area contributed by atoms with E-state index in [-0.39, 0.29) is 5.69 Å². The standard InChI is InChI=1S/C13H9Cl2NO2/c1-18-13(17)12-5-3-9(7-16-12)8-2-4-10(14)11(15)6-8/h2-7H,1H3. The SMILES string of the molecule is COC(=O)c1ccc(-c2ccc(Cl)c(Cl)c2)cn1. The van der Waals surface area contributed by atoms with Gasteiger partial charge in [0.1, 0.15) is 5.69 Å². The van der Waals surface area contributed by atoms with E-state index in [0.717, 1.165) is 11.1 Å². The first kappa shape index (κ1) is 12.9. The highest BCUT2D eigenvalue weighted by molar-refractivity contribution is 6.42. The smallest absolute Gasteiger partial charge is 0.356 e. The highest BCUT2D eigenvalue weighted by Gasteiger charge is 2.07. The van der Waals surface area contributed by atoms with E-state index in [2.05, 4.69) is 9.72 Å². The summed E-state index contributed by atoms with van der Waals surface area (Å²) in [6, 6.07) is 8.68. The molecule has 0 saturated carbocycles. The number of ether oxygens (including phenoxy) is 1. The van der Waals surface area contributed by atoms with E-state index in [9.17, 15) is 4.79 Å². The molecule has 0 amide bonds. The van der Waals surface area contributed by atoms with E-state index in [0.29, 0.717) is 10.0 Å². The molecule has 0 N–H and O–H groups in total. The van der Waals surface area contributed by atoms with Crippen LogP contribution in [0.3, 0.4) is 0 Å². The van der Waals surface area contributed by atoms with Crippen LogP contribution in [0.15, 0.2) is 36.5 Å². The third-order valence-corrected chi connectivity index (χ3v) is 3.15. The summed E-state index contributed by atoms with van der Waals surface area (Å²) in [5, 5.41) is 0.978. The molecule has 1 aromatic carbocycles. The van der Waals surface area contributed by atoms with Gasteiger partial charge in [0.15, 0.2) is 0 Å². The summed E-state index contributed by atoms with van der Waals surface area (Å²) < 4.78 is 4.58. The van der Waals surface area contributed by atoms with Crippen molar-refractivity contribution in [1.82, 2.24) is 4.98 Å². The summed E-state index contributed by atoms with van der Waals surface area (Å²) in [5.74, 6) is -0.462. The highest BCUT2D eigenvalue weighted by Crippen LogP contribution is 2.28. The van der Waals surface area contributed by atoms with Crippen LogP contribution in [0, 0.1) is 0 Å². The Kier molecular flexibility index (Phi) is 3.84. The zero-order valence-corrected chi connectivity index (χ0v) is 11.0. The molecule has 92 valence electrons. The largest absolute Gasteiger partial charge is 0.464 e. The molecule has 0 radical (unpaired) electrons. The van der Waals surface area contributed by atoms with E-state index in [1.54, 1.807) is 30.5 Å². The quantitative estimate of drug-likeness (QED) is 0.785. The van der Waals surface area contributed by atoms with Gasteiger partial charge in [0.25, 0.3) is 0 Å². The van der Waals surface area contributed by atoms with Crippen molar-refractivity contribution in [3.63, 3.8) is 0 Å². The first-order valence-electron chi connectivity index (χ1n) is 5.11.